The van der Waals surface area contributed by atoms with E-state index in [1.165, 1.54) is 4.57 Å². The summed E-state index contributed by atoms with van der Waals surface area (Å²) in [6.07, 6.45) is 0.669. The minimum atomic E-state index is -0.652. The summed E-state index contributed by atoms with van der Waals surface area (Å²) in [7, 11) is 3.14. The van der Waals surface area contributed by atoms with E-state index in [0.717, 1.165) is 5.56 Å². The van der Waals surface area contributed by atoms with Crippen LogP contribution in [0.1, 0.15) is 22.8 Å². The number of ether oxygens (including phenoxy) is 1. The molecule has 0 fully saturated rings. The first-order valence-corrected chi connectivity index (χ1v) is 8.26. The second kappa shape index (κ2) is 6.92. The van der Waals surface area contributed by atoms with Gasteiger partial charge >= 0.3 is 0 Å². The van der Waals surface area contributed by atoms with Crippen molar-refractivity contribution in [3.05, 3.63) is 63.9 Å². The number of aryl methyl sites for hydroxylation is 2. The molecule has 0 saturated heterocycles. The van der Waals surface area contributed by atoms with Crippen molar-refractivity contribution in [3.8, 4) is 11.5 Å². The minimum Gasteiger partial charge on any atom is -0.506 e. The van der Waals surface area contributed by atoms with Crippen LogP contribution in [0.5, 0.6) is 11.5 Å². The topological polar surface area (TPSA) is 80.6 Å². The number of pyridine rings is 1. The van der Waals surface area contributed by atoms with Gasteiger partial charge in [0.1, 0.15) is 17.1 Å². The smallest absolute Gasteiger partial charge is 0.267 e. The number of nitrogens with zero attached hydrogens (tertiary/aromatic N) is 1. The Morgan fingerprint density at radius 3 is 2.50 bits per heavy atom. The second-order valence-electron chi connectivity index (χ2n) is 5.94. The molecule has 0 aliphatic rings. The Labute approximate surface area is 150 Å². The molecule has 1 aromatic heterocycles. The third kappa shape index (κ3) is 2.90. The highest BCUT2D eigenvalue weighted by Crippen LogP contribution is 2.30. The van der Waals surface area contributed by atoms with Crippen LogP contribution in [0.25, 0.3) is 10.9 Å². The lowest BCUT2D eigenvalue weighted by atomic mass is 10.0. The summed E-state index contributed by atoms with van der Waals surface area (Å²) in [5, 5.41) is 13.9. The largest absolute Gasteiger partial charge is 0.506 e. The maximum absolute atomic E-state index is 12.7. The predicted octanol–water partition coefficient (Wildman–Crippen LogP) is 3.07. The molecule has 3 aromatic rings. The molecule has 0 unspecified atom stereocenters. The summed E-state index contributed by atoms with van der Waals surface area (Å²) in [4.78, 5) is 25.3. The number of hydrogen-bond acceptors (Lipinski definition) is 4. The quantitative estimate of drug-likeness (QED) is 0.756. The SMILES string of the molecule is CCc1cccc2c1c(O)c(C(=O)Nc1ccc(OC)cc1)c(=O)n2C. The van der Waals surface area contributed by atoms with Crippen molar-refractivity contribution in [3.63, 3.8) is 0 Å². The van der Waals surface area contributed by atoms with Gasteiger partial charge in [0.2, 0.25) is 0 Å². The summed E-state index contributed by atoms with van der Waals surface area (Å²) in [6, 6.07) is 12.2. The molecule has 3 rings (SSSR count). The predicted molar refractivity (Wildman–Crippen MR) is 101 cm³/mol. The summed E-state index contributed by atoms with van der Waals surface area (Å²) in [5.41, 5.74) is 1.15. The molecule has 0 radical (unpaired) electrons. The fourth-order valence-electron chi connectivity index (χ4n) is 3.01. The maximum atomic E-state index is 12.7. The molecule has 6 nitrogen and oxygen atoms in total. The molecular weight excluding hydrogens is 332 g/mol. The minimum absolute atomic E-state index is 0.267. The molecule has 0 atom stereocenters. The Bertz CT molecular complexity index is 1040. The Hall–Kier alpha value is -3.28. The van der Waals surface area contributed by atoms with E-state index in [4.69, 9.17) is 4.74 Å². The number of carbonyl (C=O) groups is 1. The Morgan fingerprint density at radius 2 is 1.88 bits per heavy atom. The lowest BCUT2D eigenvalue weighted by Crippen LogP contribution is -2.28. The van der Waals surface area contributed by atoms with Gasteiger partial charge in [0.05, 0.1) is 12.6 Å². The lowest BCUT2D eigenvalue weighted by molar-refractivity contribution is 0.102. The summed E-state index contributed by atoms with van der Waals surface area (Å²) >= 11 is 0. The van der Waals surface area contributed by atoms with Crippen molar-refractivity contribution in [1.82, 2.24) is 4.57 Å². The van der Waals surface area contributed by atoms with Crippen LogP contribution in [-0.4, -0.2) is 22.7 Å². The molecule has 0 aliphatic heterocycles. The van der Waals surface area contributed by atoms with Crippen LogP contribution in [-0.2, 0) is 13.5 Å². The molecule has 2 aromatic carbocycles. The van der Waals surface area contributed by atoms with Crippen LogP contribution in [0.15, 0.2) is 47.3 Å². The zero-order valence-electron chi connectivity index (χ0n) is 14.9. The van der Waals surface area contributed by atoms with Gasteiger partial charge in [-0.15, -0.1) is 0 Å². The van der Waals surface area contributed by atoms with Gasteiger partial charge < -0.3 is 19.7 Å². The number of methoxy groups -OCH3 is 1. The fourth-order valence-corrected chi connectivity index (χ4v) is 3.01. The number of amides is 1. The Kier molecular flexibility index (Phi) is 4.67. The molecular formula is C20H20N2O4. The Balaban J connectivity index is 2.11. The highest BCUT2D eigenvalue weighted by atomic mass is 16.5. The maximum Gasteiger partial charge on any atom is 0.267 e. The summed E-state index contributed by atoms with van der Waals surface area (Å²) in [6.45, 7) is 1.95. The number of carbonyl (C=O) groups excluding carboxylic acids is 1. The van der Waals surface area contributed by atoms with Crippen LogP contribution < -0.4 is 15.6 Å². The molecule has 0 bridgehead atoms. The van der Waals surface area contributed by atoms with Gasteiger partial charge in [0.15, 0.2) is 0 Å². The van der Waals surface area contributed by atoms with E-state index in [0.29, 0.717) is 28.8 Å². The van der Waals surface area contributed by atoms with Crippen LogP contribution in [0.3, 0.4) is 0 Å². The number of hydrogen-bond donors (Lipinski definition) is 2. The molecule has 0 saturated carbocycles. The van der Waals surface area contributed by atoms with E-state index in [9.17, 15) is 14.7 Å². The van der Waals surface area contributed by atoms with Crippen molar-refractivity contribution in [2.75, 3.05) is 12.4 Å². The number of aromatic nitrogens is 1. The van der Waals surface area contributed by atoms with Crippen molar-refractivity contribution in [2.45, 2.75) is 13.3 Å². The average molecular weight is 352 g/mol. The van der Waals surface area contributed by atoms with Gasteiger partial charge in [-0.1, -0.05) is 19.1 Å². The summed E-state index contributed by atoms with van der Waals surface area (Å²) in [5.74, 6) is -0.285. The van der Waals surface area contributed by atoms with Crippen LogP contribution in [0.2, 0.25) is 0 Å². The average Bonchev–Trinajstić information content (AvgIpc) is 2.66. The first-order valence-electron chi connectivity index (χ1n) is 8.26. The van der Waals surface area contributed by atoms with E-state index in [1.807, 2.05) is 19.1 Å². The van der Waals surface area contributed by atoms with Gasteiger partial charge in [-0.25, -0.2) is 0 Å². The van der Waals surface area contributed by atoms with Gasteiger partial charge in [-0.05, 0) is 42.3 Å². The molecule has 0 aliphatic carbocycles. The van der Waals surface area contributed by atoms with Crippen molar-refractivity contribution >= 4 is 22.5 Å². The molecule has 26 heavy (non-hydrogen) atoms. The molecule has 1 amide bonds. The van der Waals surface area contributed by atoms with E-state index >= 15 is 0 Å². The first kappa shape index (κ1) is 17.5. The molecule has 0 spiro atoms. The van der Waals surface area contributed by atoms with Gasteiger partial charge in [-0.2, -0.15) is 0 Å². The van der Waals surface area contributed by atoms with Crippen molar-refractivity contribution in [2.24, 2.45) is 7.05 Å². The van der Waals surface area contributed by atoms with Gasteiger partial charge in [0, 0.05) is 18.1 Å². The zero-order chi connectivity index (χ0) is 18.8. The number of aromatic hydroxyl groups is 1. The standard InChI is InChI=1S/C20H20N2O4/c1-4-12-6-5-7-15-16(12)18(23)17(20(25)22(15)2)19(24)21-13-8-10-14(26-3)11-9-13/h5-11,23H,4H2,1-3H3,(H,21,24). The molecule has 6 heteroatoms. The number of benzene rings is 2. The van der Waals surface area contributed by atoms with E-state index in [1.54, 1.807) is 44.5 Å². The van der Waals surface area contributed by atoms with Crippen molar-refractivity contribution < 1.29 is 14.6 Å². The van der Waals surface area contributed by atoms with Crippen molar-refractivity contribution in [1.29, 1.82) is 0 Å². The number of nitrogens with one attached hydrogen (secondary N) is 1. The van der Waals surface area contributed by atoms with Crippen LogP contribution in [0, 0.1) is 0 Å². The molecule has 134 valence electrons. The first-order chi connectivity index (χ1) is 12.5. The fraction of sp³-hybridized carbons (Fsp3) is 0.200. The normalized spacial score (nSPS) is 10.7. The Morgan fingerprint density at radius 1 is 1.19 bits per heavy atom. The van der Waals surface area contributed by atoms with E-state index in [2.05, 4.69) is 5.32 Å². The highest BCUT2D eigenvalue weighted by Gasteiger charge is 2.22. The van der Waals surface area contributed by atoms with E-state index in [-0.39, 0.29) is 11.3 Å². The number of fused-ring (bicyclic) bond motifs is 1. The van der Waals surface area contributed by atoms with Gasteiger partial charge in [0.25, 0.3) is 11.5 Å². The van der Waals surface area contributed by atoms with Crippen LogP contribution in [0.4, 0.5) is 5.69 Å². The third-order valence-corrected chi connectivity index (χ3v) is 4.44. The number of rotatable bonds is 4. The zero-order valence-corrected chi connectivity index (χ0v) is 14.9. The van der Waals surface area contributed by atoms with Crippen LogP contribution >= 0.6 is 0 Å². The second-order valence-corrected chi connectivity index (χ2v) is 5.94. The summed E-state index contributed by atoms with van der Waals surface area (Å²) < 4.78 is 6.47. The third-order valence-electron chi connectivity index (χ3n) is 4.44. The van der Waals surface area contributed by atoms with Gasteiger partial charge in [-0.3, -0.25) is 9.59 Å². The van der Waals surface area contributed by atoms with E-state index < -0.39 is 11.5 Å². The monoisotopic (exact) mass is 352 g/mol. The number of anilines is 1. The molecule has 1 heterocycles. The molecule has 2 N–H and O–H groups in total. The lowest BCUT2D eigenvalue weighted by Gasteiger charge is -2.14. The highest BCUT2D eigenvalue weighted by molar-refractivity contribution is 6.09.